The predicted molar refractivity (Wildman–Crippen MR) is 59.8 cm³/mol. The van der Waals surface area contributed by atoms with Crippen molar-refractivity contribution in [2.24, 2.45) is 7.05 Å². The number of halogens is 1. The summed E-state index contributed by atoms with van der Waals surface area (Å²) in [5, 5.41) is 8.04. The van der Waals surface area contributed by atoms with E-state index in [-0.39, 0.29) is 0 Å². The van der Waals surface area contributed by atoms with Crippen LogP contribution in [-0.4, -0.2) is 14.8 Å². The van der Waals surface area contributed by atoms with E-state index in [0.717, 1.165) is 11.5 Å². The smallest absolute Gasteiger partial charge is 0.126 e. The van der Waals surface area contributed by atoms with Gasteiger partial charge in [-0.25, -0.2) is 4.98 Å². The first-order chi connectivity index (χ1) is 7.24. The van der Waals surface area contributed by atoms with Crippen LogP contribution in [0.1, 0.15) is 5.69 Å². The molecular formula is C10H11ClN4. The minimum Gasteiger partial charge on any atom is -0.364 e. The Bertz CT molecular complexity index is 435. The van der Waals surface area contributed by atoms with Gasteiger partial charge in [0.05, 0.1) is 17.3 Å². The van der Waals surface area contributed by atoms with Gasteiger partial charge in [-0.3, -0.25) is 4.68 Å². The Kier molecular flexibility index (Phi) is 2.87. The van der Waals surface area contributed by atoms with Crippen LogP contribution in [0, 0.1) is 0 Å². The van der Waals surface area contributed by atoms with Crippen molar-refractivity contribution in [1.29, 1.82) is 0 Å². The second-order valence-electron chi connectivity index (χ2n) is 3.20. The summed E-state index contributed by atoms with van der Waals surface area (Å²) >= 11 is 5.73. The highest BCUT2D eigenvalue weighted by Gasteiger charge is 1.97. The van der Waals surface area contributed by atoms with E-state index >= 15 is 0 Å². The zero-order valence-electron chi connectivity index (χ0n) is 8.31. The molecule has 0 aliphatic rings. The molecule has 0 fully saturated rings. The first kappa shape index (κ1) is 9.98. The highest BCUT2D eigenvalue weighted by atomic mass is 35.5. The van der Waals surface area contributed by atoms with Crippen molar-refractivity contribution in [3.63, 3.8) is 0 Å². The summed E-state index contributed by atoms with van der Waals surface area (Å²) in [6.07, 6.45) is 3.52. The molecule has 0 saturated heterocycles. The first-order valence-electron chi connectivity index (χ1n) is 4.58. The summed E-state index contributed by atoms with van der Waals surface area (Å²) in [7, 11) is 1.89. The van der Waals surface area contributed by atoms with Crippen LogP contribution < -0.4 is 5.32 Å². The topological polar surface area (TPSA) is 42.7 Å². The molecule has 1 N–H and O–H groups in total. The third kappa shape index (κ3) is 2.70. The van der Waals surface area contributed by atoms with Crippen molar-refractivity contribution < 1.29 is 0 Å². The lowest BCUT2D eigenvalue weighted by atomic mass is 10.4. The van der Waals surface area contributed by atoms with Crippen molar-refractivity contribution in [2.75, 3.05) is 5.32 Å². The van der Waals surface area contributed by atoms with Crippen LogP contribution in [0.2, 0.25) is 5.02 Å². The summed E-state index contributed by atoms with van der Waals surface area (Å²) in [6, 6.07) is 5.60. The molecule has 2 rings (SSSR count). The van der Waals surface area contributed by atoms with Gasteiger partial charge in [0.2, 0.25) is 0 Å². The minimum atomic E-state index is 0.637. The third-order valence-corrected chi connectivity index (χ3v) is 2.17. The Balaban J connectivity index is 1.96. The van der Waals surface area contributed by atoms with Gasteiger partial charge in [-0.15, -0.1) is 0 Å². The molecule has 78 valence electrons. The van der Waals surface area contributed by atoms with Crippen molar-refractivity contribution in [3.8, 4) is 0 Å². The van der Waals surface area contributed by atoms with Crippen LogP contribution in [0.4, 0.5) is 5.82 Å². The number of nitrogens with one attached hydrogen (secondary N) is 1. The lowest BCUT2D eigenvalue weighted by molar-refractivity contribution is 0.747. The molecule has 2 aromatic heterocycles. The summed E-state index contributed by atoms with van der Waals surface area (Å²) < 4.78 is 1.77. The summed E-state index contributed by atoms with van der Waals surface area (Å²) in [4.78, 5) is 4.12. The minimum absolute atomic E-state index is 0.637. The van der Waals surface area contributed by atoms with E-state index in [1.54, 1.807) is 16.9 Å². The second-order valence-corrected chi connectivity index (χ2v) is 3.63. The number of nitrogens with zero attached hydrogens (tertiary/aromatic N) is 3. The highest BCUT2D eigenvalue weighted by molar-refractivity contribution is 6.30. The molecule has 0 atom stereocenters. The van der Waals surface area contributed by atoms with Crippen LogP contribution in [0.3, 0.4) is 0 Å². The van der Waals surface area contributed by atoms with Crippen LogP contribution in [-0.2, 0) is 13.6 Å². The van der Waals surface area contributed by atoms with Gasteiger partial charge in [0.25, 0.3) is 0 Å². The van der Waals surface area contributed by atoms with Gasteiger partial charge >= 0.3 is 0 Å². The number of hydrogen-bond acceptors (Lipinski definition) is 3. The van der Waals surface area contributed by atoms with Gasteiger partial charge in [-0.2, -0.15) is 5.10 Å². The first-order valence-corrected chi connectivity index (χ1v) is 4.96. The molecule has 0 aliphatic carbocycles. The predicted octanol–water partition coefficient (Wildman–Crippen LogP) is 2.08. The zero-order chi connectivity index (χ0) is 10.7. The van der Waals surface area contributed by atoms with Gasteiger partial charge in [-0.1, -0.05) is 11.6 Å². The van der Waals surface area contributed by atoms with E-state index in [1.807, 2.05) is 25.4 Å². The molecule has 0 spiro atoms. The van der Waals surface area contributed by atoms with Crippen LogP contribution in [0.5, 0.6) is 0 Å². The Hall–Kier alpha value is -1.55. The zero-order valence-corrected chi connectivity index (χ0v) is 9.07. The summed E-state index contributed by atoms with van der Waals surface area (Å²) in [6.45, 7) is 0.662. The Morgan fingerprint density at radius 1 is 1.40 bits per heavy atom. The molecule has 15 heavy (non-hydrogen) atoms. The van der Waals surface area contributed by atoms with Crippen molar-refractivity contribution >= 4 is 17.4 Å². The van der Waals surface area contributed by atoms with Crippen molar-refractivity contribution in [1.82, 2.24) is 14.8 Å². The fraction of sp³-hybridized carbons (Fsp3) is 0.200. The number of rotatable bonds is 3. The van der Waals surface area contributed by atoms with Crippen LogP contribution >= 0.6 is 11.6 Å². The normalized spacial score (nSPS) is 10.3. The fourth-order valence-corrected chi connectivity index (χ4v) is 1.33. The van der Waals surface area contributed by atoms with E-state index < -0.39 is 0 Å². The number of aryl methyl sites for hydroxylation is 1. The highest BCUT2D eigenvalue weighted by Crippen LogP contribution is 2.10. The van der Waals surface area contributed by atoms with Crippen molar-refractivity contribution in [2.45, 2.75) is 6.54 Å². The van der Waals surface area contributed by atoms with Gasteiger partial charge in [0.15, 0.2) is 0 Å². The Labute approximate surface area is 92.9 Å². The molecule has 2 aromatic rings. The number of aromatic nitrogens is 3. The van der Waals surface area contributed by atoms with E-state index in [4.69, 9.17) is 11.6 Å². The second kappa shape index (κ2) is 4.31. The quantitative estimate of drug-likeness (QED) is 0.865. The van der Waals surface area contributed by atoms with Gasteiger partial charge in [0.1, 0.15) is 5.82 Å². The van der Waals surface area contributed by atoms with Gasteiger partial charge < -0.3 is 5.32 Å². The summed E-state index contributed by atoms with van der Waals surface area (Å²) in [5.74, 6) is 0.796. The number of hydrogen-bond donors (Lipinski definition) is 1. The van der Waals surface area contributed by atoms with Crippen LogP contribution in [0.15, 0.2) is 30.6 Å². The fourth-order valence-electron chi connectivity index (χ4n) is 1.22. The SMILES string of the molecule is Cn1ccc(CNc2ccc(Cl)cn2)n1. The van der Waals surface area contributed by atoms with E-state index in [9.17, 15) is 0 Å². The molecule has 2 heterocycles. The molecule has 0 amide bonds. The monoisotopic (exact) mass is 222 g/mol. The van der Waals surface area contributed by atoms with Gasteiger partial charge in [0, 0.05) is 19.4 Å². The molecule has 4 nitrogen and oxygen atoms in total. The molecule has 5 heteroatoms. The lowest BCUT2D eigenvalue weighted by Crippen LogP contribution is -2.02. The average molecular weight is 223 g/mol. The molecule has 0 unspecified atom stereocenters. The average Bonchev–Trinajstić information content (AvgIpc) is 2.64. The van der Waals surface area contributed by atoms with Crippen molar-refractivity contribution in [3.05, 3.63) is 41.3 Å². The Morgan fingerprint density at radius 3 is 2.87 bits per heavy atom. The maximum absolute atomic E-state index is 5.73. The number of pyridine rings is 1. The largest absolute Gasteiger partial charge is 0.364 e. The van der Waals surface area contributed by atoms with Crippen LogP contribution in [0.25, 0.3) is 0 Å². The van der Waals surface area contributed by atoms with E-state index in [0.29, 0.717) is 11.6 Å². The van der Waals surface area contributed by atoms with E-state index in [1.165, 1.54) is 0 Å². The molecule has 0 radical (unpaired) electrons. The standard InChI is InChI=1S/C10H11ClN4/c1-15-5-4-9(14-15)7-13-10-3-2-8(11)6-12-10/h2-6H,7H2,1H3,(H,12,13). The Morgan fingerprint density at radius 2 is 2.27 bits per heavy atom. The summed E-state index contributed by atoms with van der Waals surface area (Å²) in [5.41, 5.74) is 0.981. The third-order valence-electron chi connectivity index (χ3n) is 1.95. The molecule has 0 aromatic carbocycles. The van der Waals surface area contributed by atoms with E-state index in [2.05, 4.69) is 15.4 Å². The molecule has 0 aliphatic heterocycles. The lowest BCUT2D eigenvalue weighted by Gasteiger charge is -2.02. The van der Waals surface area contributed by atoms with Gasteiger partial charge in [-0.05, 0) is 18.2 Å². The molecular weight excluding hydrogens is 212 g/mol. The molecule has 0 bridgehead atoms. The maximum Gasteiger partial charge on any atom is 0.126 e. The molecule has 0 saturated carbocycles. The number of anilines is 1. The maximum atomic E-state index is 5.73.